The van der Waals surface area contributed by atoms with Crippen LogP contribution in [0.15, 0.2) is 24.3 Å². The van der Waals surface area contributed by atoms with Crippen LogP contribution < -0.4 is 11.2 Å². The maximum atomic E-state index is 5.72. The van der Waals surface area contributed by atoms with Crippen LogP contribution in [-0.2, 0) is 0 Å². The van der Waals surface area contributed by atoms with Gasteiger partial charge in [-0.2, -0.15) is 0 Å². The van der Waals surface area contributed by atoms with Crippen molar-refractivity contribution in [2.75, 3.05) is 5.73 Å². The van der Waals surface area contributed by atoms with Gasteiger partial charge >= 0.3 is 0 Å². The molecule has 13 heavy (non-hydrogen) atoms. The molecule has 0 radical (unpaired) electrons. The molecule has 1 aromatic carbocycles. The Morgan fingerprint density at radius 2 is 1.54 bits per heavy atom. The van der Waals surface area contributed by atoms with E-state index in [9.17, 15) is 0 Å². The molecule has 0 aliphatic carbocycles. The second kappa shape index (κ2) is 7.72. The smallest absolute Gasteiger partial charge is 0.172 e. The molecular formula is C11H22BN. The first-order valence-electron chi connectivity index (χ1n) is 4.56. The van der Waals surface area contributed by atoms with Crippen molar-refractivity contribution < 1.29 is 0 Å². The molecule has 0 aliphatic rings. The summed E-state index contributed by atoms with van der Waals surface area (Å²) in [5, 5.41) is 0. The van der Waals surface area contributed by atoms with E-state index in [0.717, 1.165) is 5.69 Å². The van der Waals surface area contributed by atoms with Crippen molar-refractivity contribution in [3.63, 3.8) is 0 Å². The summed E-state index contributed by atoms with van der Waals surface area (Å²) in [5.41, 5.74) is 7.86. The van der Waals surface area contributed by atoms with Gasteiger partial charge in [0.05, 0.1) is 0 Å². The van der Waals surface area contributed by atoms with Crippen LogP contribution in [0, 0.1) is 0 Å². The zero-order chi connectivity index (χ0) is 9.56. The maximum Gasteiger partial charge on any atom is 0.172 e. The number of benzene rings is 1. The van der Waals surface area contributed by atoms with Crippen LogP contribution in [0.2, 0.25) is 13.6 Å². The molecule has 0 aromatic heterocycles. The summed E-state index contributed by atoms with van der Waals surface area (Å²) >= 11 is 0. The van der Waals surface area contributed by atoms with E-state index in [1.807, 2.05) is 32.0 Å². The Labute approximate surface area is 83.4 Å². The third-order valence-corrected chi connectivity index (χ3v) is 1.62. The van der Waals surface area contributed by atoms with E-state index >= 15 is 0 Å². The second-order valence-corrected chi connectivity index (χ2v) is 2.78. The monoisotopic (exact) mass is 179 g/mol. The Balaban J connectivity index is 0. The molecule has 1 aromatic rings. The van der Waals surface area contributed by atoms with Crippen molar-refractivity contribution in [3.05, 3.63) is 24.3 Å². The molecule has 0 bridgehead atoms. The van der Waals surface area contributed by atoms with Crippen molar-refractivity contribution in [1.29, 1.82) is 0 Å². The number of para-hydroxylation sites is 1. The molecule has 0 amide bonds. The number of nitrogens with two attached hydrogens (primary N) is 1. The van der Waals surface area contributed by atoms with Crippen molar-refractivity contribution in [3.8, 4) is 0 Å². The molecule has 0 atom stereocenters. The lowest BCUT2D eigenvalue weighted by molar-refractivity contribution is 1.50. The van der Waals surface area contributed by atoms with Gasteiger partial charge in [0.2, 0.25) is 0 Å². The van der Waals surface area contributed by atoms with E-state index in [4.69, 9.17) is 5.73 Å². The third-order valence-electron chi connectivity index (χ3n) is 1.62. The molecule has 0 fully saturated rings. The van der Waals surface area contributed by atoms with Gasteiger partial charge in [0.15, 0.2) is 6.71 Å². The van der Waals surface area contributed by atoms with Crippen LogP contribution >= 0.6 is 0 Å². The minimum absolute atomic E-state index is 0. The summed E-state index contributed by atoms with van der Waals surface area (Å²) in [6, 6.07) is 7.99. The Bertz CT molecular complexity index is 221. The third kappa shape index (κ3) is 4.61. The first kappa shape index (κ1) is 14.6. The van der Waals surface area contributed by atoms with E-state index < -0.39 is 0 Å². The first-order chi connectivity index (χ1) is 5.72. The lowest BCUT2D eigenvalue weighted by atomic mass is 9.49. The van der Waals surface area contributed by atoms with Crippen LogP contribution in [0.3, 0.4) is 0 Å². The van der Waals surface area contributed by atoms with Crippen molar-refractivity contribution >= 4 is 17.9 Å². The van der Waals surface area contributed by atoms with Gasteiger partial charge in [-0.3, -0.25) is 0 Å². The van der Waals surface area contributed by atoms with E-state index in [2.05, 4.69) is 19.7 Å². The molecule has 0 aliphatic heterocycles. The Morgan fingerprint density at radius 3 is 1.85 bits per heavy atom. The molecule has 0 heterocycles. The SMILES string of the molecule is C.CB(C)c1ccccc1N.CC. The van der Waals surface area contributed by atoms with Gasteiger partial charge in [-0.1, -0.05) is 58.6 Å². The predicted molar refractivity (Wildman–Crippen MR) is 66.0 cm³/mol. The van der Waals surface area contributed by atoms with Crippen molar-refractivity contribution in [1.82, 2.24) is 0 Å². The summed E-state index contributed by atoms with van der Waals surface area (Å²) in [5.74, 6) is 0. The minimum atomic E-state index is 0. The number of hydrogen-bond acceptors (Lipinski definition) is 1. The fraction of sp³-hybridized carbons (Fsp3) is 0.455. The fourth-order valence-electron chi connectivity index (χ4n) is 1.04. The van der Waals surface area contributed by atoms with Crippen LogP contribution in [0.1, 0.15) is 21.3 Å². The molecule has 74 valence electrons. The number of anilines is 1. The molecule has 0 spiro atoms. The van der Waals surface area contributed by atoms with E-state index in [1.54, 1.807) is 0 Å². The average Bonchev–Trinajstić information content (AvgIpc) is 2.08. The average molecular weight is 179 g/mol. The Morgan fingerprint density at radius 1 is 1.08 bits per heavy atom. The Hall–Kier alpha value is -0.915. The molecule has 2 N–H and O–H groups in total. The highest BCUT2D eigenvalue weighted by molar-refractivity contribution is 6.72. The largest absolute Gasteiger partial charge is 0.399 e. The lowest BCUT2D eigenvalue weighted by Crippen LogP contribution is -2.25. The summed E-state index contributed by atoms with van der Waals surface area (Å²) in [6.07, 6.45) is 0. The summed E-state index contributed by atoms with van der Waals surface area (Å²) in [4.78, 5) is 0. The fourth-order valence-corrected chi connectivity index (χ4v) is 1.04. The standard InChI is InChI=1S/C8H12BN.C2H6.CH4/c1-9(2)7-5-3-4-6-8(7)10;1-2;/h3-6H,10H2,1-2H3;1-2H3;1H4. The van der Waals surface area contributed by atoms with Crippen LogP contribution in [0.5, 0.6) is 0 Å². The van der Waals surface area contributed by atoms with Crippen LogP contribution in [0.25, 0.3) is 0 Å². The molecule has 2 heteroatoms. The van der Waals surface area contributed by atoms with E-state index in [0.29, 0.717) is 6.71 Å². The second-order valence-electron chi connectivity index (χ2n) is 2.78. The predicted octanol–water partition coefficient (Wildman–Crippen LogP) is 2.89. The van der Waals surface area contributed by atoms with Crippen molar-refractivity contribution in [2.45, 2.75) is 34.9 Å². The summed E-state index contributed by atoms with van der Waals surface area (Å²) in [6.45, 7) is 8.82. The van der Waals surface area contributed by atoms with Gasteiger partial charge < -0.3 is 5.73 Å². The van der Waals surface area contributed by atoms with Gasteiger partial charge in [-0.25, -0.2) is 0 Å². The van der Waals surface area contributed by atoms with Gasteiger partial charge in [-0.15, -0.1) is 0 Å². The number of rotatable bonds is 1. The van der Waals surface area contributed by atoms with Gasteiger partial charge in [0, 0.05) is 5.69 Å². The lowest BCUT2D eigenvalue weighted by Gasteiger charge is -2.04. The molecule has 1 rings (SSSR count). The number of nitrogen functional groups attached to an aromatic ring is 1. The van der Waals surface area contributed by atoms with Crippen LogP contribution in [-0.4, -0.2) is 6.71 Å². The Kier molecular flexibility index (Phi) is 8.67. The molecular weight excluding hydrogens is 157 g/mol. The summed E-state index contributed by atoms with van der Waals surface area (Å²) < 4.78 is 0. The van der Waals surface area contributed by atoms with Crippen LogP contribution in [0.4, 0.5) is 5.69 Å². The molecule has 0 unspecified atom stereocenters. The highest BCUT2D eigenvalue weighted by Gasteiger charge is 2.04. The normalized spacial score (nSPS) is 7.69. The van der Waals surface area contributed by atoms with E-state index in [1.165, 1.54) is 5.46 Å². The molecule has 0 saturated carbocycles. The zero-order valence-corrected chi connectivity index (χ0v) is 8.46. The molecule has 1 nitrogen and oxygen atoms in total. The summed E-state index contributed by atoms with van der Waals surface area (Å²) in [7, 11) is 0. The number of hydrogen-bond donors (Lipinski definition) is 1. The molecule has 0 saturated heterocycles. The minimum Gasteiger partial charge on any atom is -0.399 e. The maximum absolute atomic E-state index is 5.72. The van der Waals surface area contributed by atoms with E-state index in [-0.39, 0.29) is 7.43 Å². The topological polar surface area (TPSA) is 26.0 Å². The first-order valence-corrected chi connectivity index (χ1v) is 4.56. The van der Waals surface area contributed by atoms with Crippen molar-refractivity contribution in [2.24, 2.45) is 0 Å². The highest BCUT2D eigenvalue weighted by Crippen LogP contribution is 1.98. The van der Waals surface area contributed by atoms with Gasteiger partial charge in [0.1, 0.15) is 0 Å². The quantitative estimate of drug-likeness (QED) is 0.520. The zero-order valence-electron chi connectivity index (χ0n) is 8.46. The van der Waals surface area contributed by atoms with Gasteiger partial charge in [-0.05, 0) is 6.07 Å². The highest BCUT2D eigenvalue weighted by atomic mass is 14.5. The van der Waals surface area contributed by atoms with Gasteiger partial charge in [0.25, 0.3) is 0 Å².